The first-order valence-electron chi connectivity index (χ1n) is 15.4. The van der Waals surface area contributed by atoms with Crippen LogP contribution in [-0.4, -0.2) is 52.8 Å². The van der Waals surface area contributed by atoms with E-state index in [-0.39, 0.29) is 26.4 Å². The van der Waals surface area contributed by atoms with Gasteiger partial charge in [-0.15, -0.1) is 0 Å². The van der Waals surface area contributed by atoms with Crippen LogP contribution in [0.2, 0.25) is 20.1 Å². The van der Waals surface area contributed by atoms with Gasteiger partial charge in [-0.2, -0.15) is 16.8 Å². The fraction of sp³-hybridized carbons (Fsp3) is 0. The van der Waals surface area contributed by atoms with Crippen LogP contribution in [0, 0.1) is 10.1 Å². The Morgan fingerprint density at radius 3 is 1.74 bits per heavy atom. The number of carboxylic acid groups (broad SMARTS) is 1. The summed E-state index contributed by atoms with van der Waals surface area (Å²) in [6.45, 7) is 0. The van der Waals surface area contributed by atoms with Gasteiger partial charge in [-0.3, -0.25) is 24.0 Å². The number of carboxylic acids is 1. The van der Waals surface area contributed by atoms with Gasteiger partial charge >= 0.3 is 16.3 Å². The molecule has 0 fully saturated rings. The van der Waals surface area contributed by atoms with E-state index in [1.807, 2.05) is 0 Å². The standard InChI is InChI=1S/C13H5Cl4N3O5.C12H11NO3S.C10H9NO3S/c14-8-6(7(13(22)23)9(15)11(17)10(8)16)12(21)19-5-2-1-4(3-18-5)20(24)25;14-17(15,16)13(11-7-3-1-4-8-11)12-9-5-2-6-10-12;11-8-5-4-7-2-1-3-10(9(7)6-8)15(12,13)14/h1-3H,(H,22,23)(H,18,19,21);1-10H,(H,14,15,16);1-6H,11H2,(H,12,13,14). The molecule has 0 aliphatic heterocycles. The number of amides is 1. The molecule has 1 heterocycles. The largest absolute Gasteiger partial charge is 0.478 e. The van der Waals surface area contributed by atoms with Gasteiger partial charge in [0.25, 0.3) is 21.7 Å². The maximum atomic E-state index is 12.4. The highest BCUT2D eigenvalue weighted by molar-refractivity contribution is 7.87. The number of halogens is 4. The molecule has 0 radical (unpaired) electrons. The van der Waals surface area contributed by atoms with Gasteiger partial charge in [0.15, 0.2) is 0 Å². The Morgan fingerprint density at radius 2 is 1.28 bits per heavy atom. The number of carbonyl (C=O) groups excluding carboxylic acids is 1. The topological polar surface area (TPSA) is 260 Å². The number of nitrogens with two attached hydrogens (primary N) is 1. The van der Waals surface area contributed by atoms with Gasteiger partial charge in [0.2, 0.25) is 0 Å². The van der Waals surface area contributed by atoms with Crippen LogP contribution >= 0.6 is 46.4 Å². The van der Waals surface area contributed by atoms with Crippen molar-refractivity contribution in [1.82, 2.24) is 4.98 Å². The van der Waals surface area contributed by atoms with E-state index >= 15 is 0 Å². The normalized spacial score (nSPS) is 11.0. The number of benzene rings is 5. The highest BCUT2D eigenvalue weighted by atomic mass is 35.5. The van der Waals surface area contributed by atoms with E-state index in [1.165, 1.54) is 12.1 Å². The zero-order chi connectivity index (χ0) is 42.2. The second-order valence-corrected chi connectivity index (χ2v) is 15.2. The lowest BCUT2D eigenvalue weighted by Gasteiger charge is -2.20. The smallest absolute Gasteiger partial charge is 0.364 e. The van der Waals surface area contributed by atoms with Crippen molar-refractivity contribution in [3.05, 3.63) is 157 Å². The fourth-order valence-corrected chi connectivity index (χ4v) is 7.32. The van der Waals surface area contributed by atoms with Crippen molar-refractivity contribution in [1.29, 1.82) is 0 Å². The molecule has 0 spiro atoms. The monoisotopic (exact) mass is 895 g/mol. The Balaban J connectivity index is 0.000000197. The molecular weight excluding hydrogens is 872 g/mol. The van der Waals surface area contributed by atoms with E-state index in [4.69, 9.17) is 56.7 Å². The molecule has 0 aliphatic carbocycles. The van der Waals surface area contributed by atoms with Crippen LogP contribution in [0.1, 0.15) is 20.7 Å². The van der Waals surface area contributed by atoms with E-state index in [1.54, 1.807) is 84.9 Å². The third kappa shape index (κ3) is 11.1. The number of nitrogens with one attached hydrogen (secondary N) is 1. The van der Waals surface area contributed by atoms with E-state index < -0.39 is 58.4 Å². The number of aromatic carboxylic acids is 1. The molecule has 1 amide bonds. The number of rotatable bonds is 8. The summed E-state index contributed by atoms with van der Waals surface area (Å²) in [5.41, 5.74) is 5.35. The molecule has 0 aliphatic rings. The number of para-hydroxylation sites is 2. The molecule has 6 N–H and O–H groups in total. The molecule has 16 nitrogen and oxygen atoms in total. The Morgan fingerprint density at radius 1 is 0.737 bits per heavy atom. The third-order valence-electron chi connectivity index (χ3n) is 7.26. The predicted octanol–water partition coefficient (Wildman–Crippen LogP) is 8.85. The first-order chi connectivity index (χ1) is 26.7. The Hall–Kier alpha value is -5.57. The molecule has 296 valence electrons. The maximum Gasteiger partial charge on any atom is 0.364 e. The van der Waals surface area contributed by atoms with Crippen LogP contribution in [-0.2, 0) is 20.4 Å². The molecule has 0 bridgehead atoms. The lowest BCUT2D eigenvalue weighted by molar-refractivity contribution is -0.385. The van der Waals surface area contributed by atoms with Crippen molar-refractivity contribution in [2.45, 2.75) is 4.90 Å². The SMILES string of the molecule is Nc1ccc2cccc(S(=O)(=O)O)c2c1.O=C(O)c1c(Cl)c(Cl)c(Cl)c(Cl)c1C(=O)Nc1ccc([N+](=O)[O-])cn1.O=S(=O)(O)N(c1ccccc1)c1ccccc1. The molecule has 0 saturated heterocycles. The lowest BCUT2D eigenvalue weighted by Crippen LogP contribution is -2.24. The number of pyridine rings is 1. The zero-order valence-corrected chi connectivity index (χ0v) is 33.0. The quantitative estimate of drug-likeness (QED) is 0.0239. The van der Waals surface area contributed by atoms with Crippen LogP contribution in [0.25, 0.3) is 10.8 Å². The van der Waals surface area contributed by atoms with Gasteiger partial charge in [-0.25, -0.2) is 14.1 Å². The number of nitrogens with zero attached hydrogens (tertiary/aromatic N) is 3. The van der Waals surface area contributed by atoms with E-state index in [0.717, 1.165) is 28.0 Å². The summed E-state index contributed by atoms with van der Waals surface area (Å²) in [4.78, 5) is 37.3. The first kappa shape index (κ1) is 44.1. The summed E-state index contributed by atoms with van der Waals surface area (Å²) in [7, 11) is -8.54. The summed E-state index contributed by atoms with van der Waals surface area (Å²) in [5.74, 6) is -2.61. The summed E-state index contributed by atoms with van der Waals surface area (Å²) < 4.78 is 64.1. The molecule has 5 aromatic carbocycles. The summed E-state index contributed by atoms with van der Waals surface area (Å²) >= 11 is 23.4. The number of carbonyl (C=O) groups is 2. The molecule has 22 heteroatoms. The Kier molecular flexibility index (Phi) is 14.4. The number of nitro groups is 1. The van der Waals surface area contributed by atoms with Crippen molar-refractivity contribution < 1.29 is 45.6 Å². The molecule has 0 unspecified atom stereocenters. The van der Waals surface area contributed by atoms with E-state index in [2.05, 4.69) is 10.3 Å². The fourth-order valence-electron chi connectivity index (χ4n) is 4.82. The highest BCUT2D eigenvalue weighted by Crippen LogP contribution is 2.42. The molecular formula is C35H25Cl4N5O11S2. The highest BCUT2D eigenvalue weighted by Gasteiger charge is 2.29. The van der Waals surface area contributed by atoms with Crippen LogP contribution in [0.4, 0.5) is 28.6 Å². The lowest BCUT2D eigenvalue weighted by atomic mass is 10.1. The molecule has 57 heavy (non-hydrogen) atoms. The van der Waals surface area contributed by atoms with Gasteiger partial charge < -0.3 is 16.2 Å². The number of hydrogen-bond donors (Lipinski definition) is 5. The van der Waals surface area contributed by atoms with Crippen molar-refractivity contribution >= 4 is 118 Å². The van der Waals surface area contributed by atoms with Gasteiger partial charge in [0.1, 0.15) is 16.9 Å². The van der Waals surface area contributed by atoms with Crippen LogP contribution < -0.4 is 15.4 Å². The molecule has 6 rings (SSSR count). The Bertz CT molecular complexity index is 2660. The van der Waals surface area contributed by atoms with Gasteiger partial charge in [0.05, 0.1) is 47.5 Å². The van der Waals surface area contributed by atoms with E-state index in [9.17, 15) is 46.2 Å². The van der Waals surface area contributed by atoms with Gasteiger partial charge in [-0.1, -0.05) is 101 Å². The summed E-state index contributed by atoms with van der Waals surface area (Å²) in [6, 6.07) is 28.7. The number of aromatic nitrogens is 1. The summed E-state index contributed by atoms with van der Waals surface area (Å²) in [5, 5.41) is 21.8. The summed E-state index contributed by atoms with van der Waals surface area (Å²) in [6.07, 6.45) is 0.914. The predicted molar refractivity (Wildman–Crippen MR) is 217 cm³/mol. The molecule has 1 aromatic heterocycles. The van der Waals surface area contributed by atoms with Crippen LogP contribution in [0.15, 0.2) is 120 Å². The maximum absolute atomic E-state index is 12.4. The van der Waals surface area contributed by atoms with Crippen LogP contribution in [0.5, 0.6) is 0 Å². The third-order valence-corrected chi connectivity index (χ3v) is 10.9. The Labute approximate surface area is 343 Å². The van der Waals surface area contributed by atoms with Gasteiger partial charge in [-0.05, 0) is 53.9 Å². The van der Waals surface area contributed by atoms with Crippen molar-refractivity contribution in [3.63, 3.8) is 0 Å². The first-order valence-corrected chi connectivity index (χ1v) is 19.7. The average Bonchev–Trinajstić information content (AvgIpc) is 3.15. The van der Waals surface area contributed by atoms with Crippen molar-refractivity contribution in [2.24, 2.45) is 0 Å². The van der Waals surface area contributed by atoms with Crippen molar-refractivity contribution in [2.75, 3.05) is 15.4 Å². The number of hydrogen-bond acceptors (Lipinski definition) is 10. The number of nitrogen functional groups attached to an aromatic ring is 1. The average molecular weight is 898 g/mol. The molecule has 0 saturated carbocycles. The van der Waals surface area contributed by atoms with Gasteiger partial charge in [0, 0.05) is 17.1 Å². The number of anilines is 4. The second kappa shape index (κ2) is 18.6. The van der Waals surface area contributed by atoms with E-state index in [0.29, 0.717) is 22.4 Å². The minimum Gasteiger partial charge on any atom is -0.478 e. The van der Waals surface area contributed by atoms with Crippen molar-refractivity contribution in [3.8, 4) is 0 Å². The molecule has 6 aromatic rings. The molecule has 0 atom stereocenters. The minimum absolute atomic E-state index is 0.0785. The minimum atomic E-state index is -4.34. The van der Waals surface area contributed by atoms with Crippen LogP contribution in [0.3, 0.4) is 0 Å². The second-order valence-electron chi connectivity index (χ2n) is 11.0. The zero-order valence-electron chi connectivity index (χ0n) is 28.3. The number of fused-ring (bicyclic) bond motifs is 1.